The molecule has 1 aromatic rings. The SMILES string of the molecule is CC1CC(CN)CN1C(=O)c1n[nH]c(C(C)(C)C)n1. The van der Waals surface area contributed by atoms with Crippen LogP contribution in [0.2, 0.25) is 0 Å². The first-order valence-electron chi connectivity index (χ1n) is 6.77. The van der Waals surface area contributed by atoms with Crippen molar-refractivity contribution in [2.75, 3.05) is 13.1 Å². The highest BCUT2D eigenvalue weighted by Crippen LogP contribution is 2.24. The number of amides is 1. The minimum atomic E-state index is -0.137. The number of aromatic amines is 1. The minimum absolute atomic E-state index is 0.102. The van der Waals surface area contributed by atoms with Crippen LogP contribution in [0.3, 0.4) is 0 Å². The zero-order valence-electron chi connectivity index (χ0n) is 12.1. The number of nitrogens with one attached hydrogen (secondary N) is 1. The molecular weight excluding hydrogens is 242 g/mol. The van der Waals surface area contributed by atoms with E-state index in [0.717, 1.165) is 12.2 Å². The molecule has 1 fully saturated rings. The minimum Gasteiger partial charge on any atom is -0.333 e. The smallest absolute Gasteiger partial charge is 0.293 e. The summed E-state index contributed by atoms with van der Waals surface area (Å²) in [4.78, 5) is 18.5. The molecule has 1 aromatic heterocycles. The van der Waals surface area contributed by atoms with Crippen LogP contribution < -0.4 is 5.73 Å². The van der Waals surface area contributed by atoms with Crippen molar-refractivity contribution in [2.45, 2.75) is 45.6 Å². The van der Waals surface area contributed by atoms with Crippen molar-refractivity contribution in [3.8, 4) is 0 Å². The van der Waals surface area contributed by atoms with Crippen molar-refractivity contribution in [2.24, 2.45) is 11.7 Å². The first-order chi connectivity index (χ1) is 8.82. The lowest BCUT2D eigenvalue weighted by atomic mass is 9.96. The quantitative estimate of drug-likeness (QED) is 0.832. The number of nitrogens with zero attached hydrogens (tertiary/aromatic N) is 3. The van der Waals surface area contributed by atoms with Gasteiger partial charge in [0, 0.05) is 18.0 Å². The van der Waals surface area contributed by atoms with E-state index in [2.05, 4.69) is 15.2 Å². The molecule has 6 heteroatoms. The van der Waals surface area contributed by atoms with Gasteiger partial charge in [0.1, 0.15) is 5.82 Å². The summed E-state index contributed by atoms with van der Waals surface area (Å²) in [5.41, 5.74) is 5.55. The normalized spacial score (nSPS) is 23.9. The molecule has 0 saturated carbocycles. The predicted octanol–water partition coefficient (Wildman–Crippen LogP) is 0.911. The number of nitrogens with two attached hydrogens (primary N) is 1. The lowest BCUT2D eigenvalue weighted by Gasteiger charge is -2.19. The second kappa shape index (κ2) is 4.92. The van der Waals surface area contributed by atoms with Gasteiger partial charge in [-0.05, 0) is 25.8 Å². The van der Waals surface area contributed by atoms with E-state index >= 15 is 0 Å². The molecule has 106 valence electrons. The fourth-order valence-corrected chi connectivity index (χ4v) is 2.42. The molecule has 0 spiro atoms. The molecule has 0 aliphatic carbocycles. The van der Waals surface area contributed by atoms with Gasteiger partial charge in [-0.25, -0.2) is 4.98 Å². The molecule has 19 heavy (non-hydrogen) atoms. The van der Waals surface area contributed by atoms with Gasteiger partial charge in [-0.1, -0.05) is 20.8 Å². The summed E-state index contributed by atoms with van der Waals surface area (Å²) in [5, 5.41) is 6.91. The Balaban J connectivity index is 2.14. The Hall–Kier alpha value is -1.43. The molecule has 1 aliphatic heterocycles. The number of carbonyl (C=O) groups is 1. The zero-order valence-corrected chi connectivity index (χ0v) is 12.1. The van der Waals surface area contributed by atoms with Gasteiger partial charge in [0.25, 0.3) is 5.91 Å². The molecule has 0 radical (unpaired) electrons. The first kappa shape index (κ1) is 14.0. The summed E-state index contributed by atoms with van der Waals surface area (Å²) in [5.74, 6) is 1.28. The van der Waals surface area contributed by atoms with Crippen molar-refractivity contribution in [3.05, 3.63) is 11.6 Å². The molecule has 2 rings (SSSR count). The number of aromatic nitrogens is 3. The summed E-state index contributed by atoms with van der Waals surface area (Å²) in [7, 11) is 0. The molecule has 1 aliphatic rings. The predicted molar refractivity (Wildman–Crippen MR) is 72.7 cm³/mol. The Kier molecular flexibility index (Phi) is 3.62. The monoisotopic (exact) mass is 265 g/mol. The van der Waals surface area contributed by atoms with Gasteiger partial charge in [0.15, 0.2) is 0 Å². The first-order valence-corrected chi connectivity index (χ1v) is 6.77. The van der Waals surface area contributed by atoms with Gasteiger partial charge in [0.05, 0.1) is 0 Å². The van der Waals surface area contributed by atoms with Crippen LogP contribution in [0, 0.1) is 5.92 Å². The fourth-order valence-electron chi connectivity index (χ4n) is 2.42. The second-order valence-electron chi connectivity index (χ2n) is 6.40. The lowest BCUT2D eigenvalue weighted by molar-refractivity contribution is 0.0731. The maximum atomic E-state index is 12.4. The van der Waals surface area contributed by atoms with Crippen LogP contribution in [0.4, 0.5) is 0 Å². The molecule has 2 heterocycles. The molecule has 3 N–H and O–H groups in total. The van der Waals surface area contributed by atoms with E-state index in [9.17, 15) is 4.79 Å². The van der Waals surface area contributed by atoms with Crippen molar-refractivity contribution in [1.82, 2.24) is 20.1 Å². The molecule has 0 bridgehead atoms. The van der Waals surface area contributed by atoms with E-state index < -0.39 is 0 Å². The standard InChI is InChI=1S/C13H23N5O/c1-8-5-9(6-14)7-18(8)11(19)10-15-12(17-16-10)13(2,3)4/h8-9H,5-7,14H2,1-4H3,(H,15,16,17). The Morgan fingerprint density at radius 2 is 2.21 bits per heavy atom. The van der Waals surface area contributed by atoms with Gasteiger partial charge < -0.3 is 10.6 Å². The van der Waals surface area contributed by atoms with Crippen LogP contribution in [-0.2, 0) is 5.41 Å². The highest BCUT2D eigenvalue weighted by molar-refractivity contribution is 5.90. The second-order valence-corrected chi connectivity index (χ2v) is 6.40. The summed E-state index contributed by atoms with van der Waals surface area (Å²) in [6.07, 6.45) is 0.957. The van der Waals surface area contributed by atoms with Crippen LogP contribution in [0.5, 0.6) is 0 Å². The zero-order chi connectivity index (χ0) is 14.2. The fraction of sp³-hybridized carbons (Fsp3) is 0.769. The number of hydrogen-bond acceptors (Lipinski definition) is 4. The largest absolute Gasteiger partial charge is 0.333 e. The Labute approximate surface area is 113 Å². The summed E-state index contributed by atoms with van der Waals surface area (Å²) in [6, 6.07) is 0.206. The molecule has 0 aromatic carbocycles. The van der Waals surface area contributed by atoms with E-state index in [1.54, 1.807) is 0 Å². The third kappa shape index (κ3) is 2.78. The van der Waals surface area contributed by atoms with Crippen LogP contribution in [0.1, 0.15) is 50.6 Å². The highest BCUT2D eigenvalue weighted by Gasteiger charge is 2.34. The third-order valence-corrected chi connectivity index (χ3v) is 3.64. The van der Waals surface area contributed by atoms with E-state index in [1.807, 2.05) is 32.6 Å². The van der Waals surface area contributed by atoms with E-state index in [0.29, 0.717) is 19.0 Å². The van der Waals surface area contributed by atoms with Gasteiger partial charge in [-0.2, -0.15) is 0 Å². The molecule has 1 amide bonds. The molecule has 2 unspecified atom stereocenters. The molecular formula is C13H23N5O. The van der Waals surface area contributed by atoms with E-state index in [-0.39, 0.29) is 23.2 Å². The Morgan fingerprint density at radius 3 is 2.68 bits per heavy atom. The topological polar surface area (TPSA) is 87.9 Å². The summed E-state index contributed by atoms with van der Waals surface area (Å²) in [6.45, 7) is 9.47. The summed E-state index contributed by atoms with van der Waals surface area (Å²) >= 11 is 0. The summed E-state index contributed by atoms with van der Waals surface area (Å²) < 4.78 is 0. The van der Waals surface area contributed by atoms with Crippen LogP contribution in [-0.4, -0.2) is 45.1 Å². The van der Waals surface area contributed by atoms with Crippen molar-refractivity contribution in [3.63, 3.8) is 0 Å². The Morgan fingerprint density at radius 1 is 1.53 bits per heavy atom. The number of likely N-dealkylation sites (tertiary alicyclic amines) is 1. The van der Waals surface area contributed by atoms with Crippen LogP contribution in [0.15, 0.2) is 0 Å². The lowest BCUT2D eigenvalue weighted by Crippen LogP contribution is -2.35. The maximum Gasteiger partial charge on any atom is 0.293 e. The number of H-pyrrole nitrogens is 1. The van der Waals surface area contributed by atoms with Gasteiger partial charge >= 0.3 is 0 Å². The number of rotatable bonds is 2. The van der Waals surface area contributed by atoms with E-state index in [4.69, 9.17) is 5.73 Å². The maximum absolute atomic E-state index is 12.4. The van der Waals surface area contributed by atoms with Crippen molar-refractivity contribution >= 4 is 5.91 Å². The third-order valence-electron chi connectivity index (χ3n) is 3.64. The number of hydrogen-bond donors (Lipinski definition) is 2. The average Bonchev–Trinajstić information content (AvgIpc) is 2.93. The molecule has 6 nitrogen and oxygen atoms in total. The van der Waals surface area contributed by atoms with Crippen LogP contribution >= 0.6 is 0 Å². The average molecular weight is 265 g/mol. The molecule has 1 saturated heterocycles. The number of carbonyl (C=O) groups excluding carboxylic acids is 1. The van der Waals surface area contributed by atoms with Crippen LogP contribution in [0.25, 0.3) is 0 Å². The van der Waals surface area contributed by atoms with Crippen molar-refractivity contribution in [1.29, 1.82) is 0 Å². The van der Waals surface area contributed by atoms with Gasteiger partial charge in [-0.15, -0.1) is 5.10 Å². The van der Waals surface area contributed by atoms with E-state index in [1.165, 1.54) is 0 Å². The van der Waals surface area contributed by atoms with Gasteiger partial charge in [0.2, 0.25) is 5.82 Å². The highest BCUT2D eigenvalue weighted by atomic mass is 16.2. The Bertz CT molecular complexity index is 462. The molecule has 2 atom stereocenters. The van der Waals surface area contributed by atoms with Gasteiger partial charge in [-0.3, -0.25) is 9.89 Å². The van der Waals surface area contributed by atoms with Crippen molar-refractivity contribution < 1.29 is 4.79 Å².